The minimum absolute atomic E-state index is 0.331. The number of thiophene rings is 1. The number of hydrogen-bond donors (Lipinski definition) is 1. The van der Waals surface area contributed by atoms with Gasteiger partial charge < -0.3 is 4.90 Å². The third kappa shape index (κ3) is 4.65. The van der Waals surface area contributed by atoms with Gasteiger partial charge in [0.15, 0.2) is 5.82 Å². The molecule has 0 aliphatic carbocycles. The normalized spacial score (nSPS) is 15.3. The molecule has 30 heavy (non-hydrogen) atoms. The van der Waals surface area contributed by atoms with E-state index in [0.717, 1.165) is 47.4 Å². The zero-order valence-corrected chi connectivity index (χ0v) is 18.8. The van der Waals surface area contributed by atoms with E-state index in [0.29, 0.717) is 9.90 Å². The molecule has 1 aliphatic rings. The van der Waals surface area contributed by atoms with Gasteiger partial charge in [-0.2, -0.15) is 0 Å². The molecule has 1 fully saturated rings. The maximum Gasteiger partial charge on any atom is 0.271 e. The first-order valence-corrected chi connectivity index (χ1v) is 12.6. The number of hydrogen-bond acceptors (Lipinski definition) is 6. The predicted octanol–water partition coefficient (Wildman–Crippen LogP) is 4.80. The largest absolute Gasteiger partial charge is 0.355 e. The van der Waals surface area contributed by atoms with Crippen molar-refractivity contribution in [2.45, 2.75) is 37.3 Å². The van der Waals surface area contributed by atoms with Crippen molar-refractivity contribution >= 4 is 32.9 Å². The number of aromatic nitrogens is 2. The molecule has 0 amide bonds. The van der Waals surface area contributed by atoms with Crippen molar-refractivity contribution in [2.24, 2.45) is 5.92 Å². The van der Waals surface area contributed by atoms with Crippen LogP contribution in [0.4, 0.5) is 11.5 Å². The number of benzene rings is 1. The molecule has 8 heteroatoms. The van der Waals surface area contributed by atoms with Crippen molar-refractivity contribution in [3.05, 3.63) is 53.4 Å². The molecule has 2 aromatic heterocycles. The van der Waals surface area contributed by atoms with Crippen LogP contribution in [0.25, 0.3) is 11.3 Å². The van der Waals surface area contributed by atoms with E-state index in [1.165, 1.54) is 24.2 Å². The Morgan fingerprint density at radius 2 is 1.77 bits per heavy atom. The summed E-state index contributed by atoms with van der Waals surface area (Å²) in [5, 5.41) is 8.78. The van der Waals surface area contributed by atoms with Crippen LogP contribution >= 0.6 is 11.3 Å². The van der Waals surface area contributed by atoms with Crippen LogP contribution in [0, 0.1) is 5.92 Å². The van der Waals surface area contributed by atoms with Gasteiger partial charge in [-0.25, -0.2) is 8.42 Å². The first-order valence-electron chi connectivity index (χ1n) is 10.3. The van der Waals surface area contributed by atoms with Gasteiger partial charge in [-0.15, -0.1) is 21.5 Å². The standard InChI is InChI=1S/C22H26N4O2S2/c1-3-19-8-11-22(29-19)30(27,28)25-18-6-4-17(5-7-18)20-9-10-21(24-23-20)26-14-12-16(2)13-15-26/h4-11,16,25H,3,12-15H2,1-2H3. The topological polar surface area (TPSA) is 75.2 Å². The number of sulfonamides is 1. The molecular weight excluding hydrogens is 416 g/mol. The monoisotopic (exact) mass is 442 g/mol. The van der Waals surface area contributed by atoms with Gasteiger partial charge in [0.25, 0.3) is 10.0 Å². The average Bonchev–Trinajstić information content (AvgIpc) is 3.25. The Morgan fingerprint density at radius 1 is 1.03 bits per heavy atom. The summed E-state index contributed by atoms with van der Waals surface area (Å²) in [5.41, 5.74) is 2.19. The third-order valence-electron chi connectivity index (χ3n) is 5.44. The van der Waals surface area contributed by atoms with E-state index >= 15 is 0 Å². The number of piperidine rings is 1. The average molecular weight is 443 g/mol. The summed E-state index contributed by atoms with van der Waals surface area (Å²) in [7, 11) is -3.57. The van der Waals surface area contributed by atoms with E-state index in [9.17, 15) is 8.42 Å². The molecule has 1 saturated heterocycles. The summed E-state index contributed by atoms with van der Waals surface area (Å²) in [6, 6.07) is 14.7. The van der Waals surface area contributed by atoms with Crippen molar-refractivity contribution in [3.8, 4) is 11.3 Å². The van der Waals surface area contributed by atoms with Crippen LogP contribution in [-0.2, 0) is 16.4 Å². The minimum Gasteiger partial charge on any atom is -0.355 e. The molecule has 3 heterocycles. The van der Waals surface area contributed by atoms with Crippen LogP contribution < -0.4 is 9.62 Å². The molecule has 6 nitrogen and oxygen atoms in total. The Bertz CT molecular complexity index is 1080. The van der Waals surface area contributed by atoms with Crippen LogP contribution in [0.3, 0.4) is 0 Å². The first-order chi connectivity index (χ1) is 14.4. The highest BCUT2D eigenvalue weighted by atomic mass is 32.2. The molecule has 1 aromatic carbocycles. The summed E-state index contributed by atoms with van der Waals surface area (Å²) < 4.78 is 28.1. The van der Waals surface area contributed by atoms with E-state index in [2.05, 4.69) is 26.7 Å². The highest BCUT2D eigenvalue weighted by Gasteiger charge is 2.18. The third-order valence-corrected chi connectivity index (χ3v) is 8.54. The molecule has 4 rings (SSSR count). The van der Waals surface area contributed by atoms with Crippen molar-refractivity contribution in [3.63, 3.8) is 0 Å². The smallest absolute Gasteiger partial charge is 0.271 e. The minimum atomic E-state index is -3.57. The molecule has 1 aliphatic heterocycles. The lowest BCUT2D eigenvalue weighted by molar-refractivity contribution is 0.436. The molecular formula is C22H26N4O2S2. The summed E-state index contributed by atoms with van der Waals surface area (Å²) >= 11 is 1.30. The Morgan fingerprint density at radius 3 is 2.37 bits per heavy atom. The maximum absolute atomic E-state index is 12.6. The Kier molecular flexibility index (Phi) is 6.06. The molecule has 158 valence electrons. The van der Waals surface area contributed by atoms with Gasteiger partial charge in [0.2, 0.25) is 0 Å². The second-order valence-corrected chi connectivity index (χ2v) is 10.8. The maximum atomic E-state index is 12.6. The lowest BCUT2D eigenvalue weighted by Gasteiger charge is -2.30. The van der Waals surface area contributed by atoms with Gasteiger partial charge in [0.05, 0.1) is 5.69 Å². The Labute approximate surface area is 182 Å². The SMILES string of the molecule is CCc1ccc(S(=O)(=O)Nc2ccc(-c3ccc(N4CCC(C)CC4)nn3)cc2)s1. The molecule has 0 atom stereocenters. The molecule has 0 spiro atoms. The van der Waals surface area contributed by atoms with Crippen molar-refractivity contribution in [1.82, 2.24) is 10.2 Å². The van der Waals surface area contributed by atoms with E-state index in [-0.39, 0.29) is 0 Å². The number of aryl methyl sites for hydroxylation is 1. The lowest BCUT2D eigenvalue weighted by Crippen LogP contribution is -2.33. The van der Waals surface area contributed by atoms with Crippen molar-refractivity contribution in [2.75, 3.05) is 22.7 Å². The van der Waals surface area contributed by atoms with Gasteiger partial charge in [-0.1, -0.05) is 26.0 Å². The fraction of sp³-hybridized carbons (Fsp3) is 0.364. The van der Waals surface area contributed by atoms with E-state index in [4.69, 9.17) is 0 Å². The summed E-state index contributed by atoms with van der Waals surface area (Å²) in [4.78, 5) is 3.33. The van der Waals surface area contributed by atoms with Crippen LogP contribution in [0.1, 0.15) is 31.6 Å². The zero-order chi connectivity index (χ0) is 21.1. The van der Waals surface area contributed by atoms with Gasteiger partial charge in [0.1, 0.15) is 4.21 Å². The number of nitrogens with one attached hydrogen (secondary N) is 1. The molecule has 0 unspecified atom stereocenters. The fourth-order valence-electron chi connectivity index (χ4n) is 3.49. The summed E-state index contributed by atoms with van der Waals surface area (Å²) in [6.45, 7) is 6.34. The van der Waals surface area contributed by atoms with Crippen LogP contribution in [0.15, 0.2) is 52.7 Å². The number of rotatable bonds is 6. The van der Waals surface area contributed by atoms with Crippen molar-refractivity contribution < 1.29 is 8.42 Å². The second-order valence-electron chi connectivity index (χ2n) is 7.70. The molecule has 0 saturated carbocycles. The van der Waals surface area contributed by atoms with E-state index in [1.807, 2.05) is 37.3 Å². The quantitative estimate of drug-likeness (QED) is 0.593. The number of anilines is 2. The molecule has 0 bridgehead atoms. The van der Waals surface area contributed by atoms with Gasteiger partial charge >= 0.3 is 0 Å². The van der Waals surface area contributed by atoms with Crippen LogP contribution in [-0.4, -0.2) is 31.7 Å². The van der Waals surface area contributed by atoms with Gasteiger partial charge in [-0.05, 0) is 61.6 Å². The fourth-order valence-corrected chi connectivity index (χ4v) is 5.85. The van der Waals surface area contributed by atoms with Crippen LogP contribution in [0.5, 0.6) is 0 Å². The van der Waals surface area contributed by atoms with Gasteiger partial charge in [-0.3, -0.25) is 4.72 Å². The number of nitrogens with zero attached hydrogens (tertiary/aromatic N) is 3. The molecule has 3 aromatic rings. The second kappa shape index (κ2) is 8.73. The highest BCUT2D eigenvalue weighted by molar-refractivity contribution is 7.94. The van der Waals surface area contributed by atoms with Crippen molar-refractivity contribution in [1.29, 1.82) is 0 Å². The van der Waals surface area contributed by atoms with Gasteiger partial charge in [0, 0.05) is 29.2 Å². The van der Waals surface area contributed by atoms with E-state index < -0.39 is 10.0 Å². The first kappa shape index (κ1) is 20.8. The predicted molar refractivity (Wildman–Crippen MR) is 123 cm³/mol. The summed E-state index contributed by atoms with van der Waals surface area (Å²) in [6.07, 6.45) is 3.20. The highest BCUT2D eigenvalue weighted by Crippen LogP contribution is 2.26. The molecule has 0 radical (unpaired) electrons. The lowest BCUT2D eigenvalue weighted by atomic mass is 9.99. The summed E-state index contributed by atoms with van der Waals surface area (Å²) in [5.74, 6) is 1.69. The van der Waals surface area contributed by atoms with E-state index in [1.54, 1.807) is 18.2 Å². The zero-order valence-electron chi connectivity index (χ0n) is 17.2. The molecule has 1 N–H and O–H groups in total. The Hall–Kier alpha value is -2.45. The van der Waals surface area contributed by atoms with Crippen LogP contribution in [0.2, 0.25) is 0 Å². The Balaban J connectivity index is 1.44.